The van der Waals surface area contributed by atoms with Crippen LogP contribution in [0.3, 0.4) is 0 Å². The highest BCUT2D eigenvalue weighted by atomic mass is 32.2. The van der Waals surface area contributed by atoms with Crippen molar-refractivity contribution < 1.29 is 0 Å². The summed E-state index contributed by atoms with van der Waals surface area (Å²) >= 11 is 1.70. The van der Waals surface area contributed by atoms with Crippen molar-refractivity contribution >= 4 is 17.7 Å². The molecule has 0 saturated heterocycles. The Hall–Kier alpha value is -1.62. The number of nitrogens with zero attached hydrogens (tertiary/aromatic N) is 3. The minimum Gasteiger partial charge on any atom is -0.368 e. The molecule has 0 atom stereocenters. The topological polar surface area (TPSA) is 64.7 Å². The van der Waals surface area contributed by atoms with Crippen LogP contribution in [0.5, 0.6) is 0 Å². The molecule has 4 nitrogen and oxygen atoms in total. The predicted octanol–water partition coefficient (Wildman–Crippen LogP) is 2.70. The number of rotatable bonds is 5. The average molecular weight is 260 g/mol. The van der Waals surface area contributed by atoms with Gasteiger partial charge in [0, 0.05) is 11.3 Å². The molecule has 0 saturated carbocycles. The number of thioether (sulfide) groups is 1. The number of hydrogen-bond donors (Lipinski definition) is 1. The fourth-order valence-electron chi connectivity index (χ4n) is 1.55. The molecule has 0 spiro atoms. The van der Waals surface area contributed by atoms with Gasteiger partial charge in [0.2, 0.25) is 5.95 Å². The zero-order valence-electron chi connectivity index (χ0n) is 10.3. The van der Waals surface area contributed by atoms with Crippen molar-refractivity contribution in [2.24, 2.45) is 0 Å². The minimum atomic E-state index is 0.317. The van der Waals surface area contributed by atoms with E-state index >= 15 is 0 Å². The summed E-state index contributed by atoms with van der Waals surface area (Å²) in [6, 6.07) is 10.2. The van der Waals surface area contributed by atoms with Gasteiger partial charge in [-0.1, -0.05) is 25.1 Å². The summed E-state index contributed by atoms with van der Waals surface area (Å²) in [5, 5.41) is 0. The Morgan fingerprint density at radius 3 is 2.50 bits per heavy atom. The highest BCUT2D eigenvalue weighted by molar-refractivity contribution is 7.98. The maximum Gasteiger partial charge on any atom is 0.223 e. The van der Waals surface area contributed by atoms with E-state index in [1.807, 2.05) is 18.2 Å². The van der Waals surface area contributed by atoms with Crippen LogP contribution in [0.25, 0.3) is 0 Å². The van der Waals surface area contributed by atoms with Gasteiger partial charge in [0.05, 0.1) is 5.75 Å². The number of hydrogen-bond acceptors (Lipinski definition) is 5. The Morgan fingerprint density at radius 1 is 1.06 bits per heavy atom. The van der Waals surface area contributed by atoms with Crippen LogP contribution in [-0.4, -0.2) is 15.0 Å². The number of aryl methyl sites for hydroxylation is 1. The standard InChI is InChI=1S/C13H16N4S/c1-2-6-11-15-12(17-13(14)16-11)9-18-10-7-4-3-5-8-10/h3-5,7-8H,2,6,9H2,1H3,(H2,14,15,16,17). The first-order valence-electron chi connectivity index (χ1n) is 5.95. The van der Waals surface area contributed by atoms with E-state index in [2.05, 4.69) is 34.0 Å². The Balaban J connectivity index is 2.05. The van der Waals surface area contributed by atoms with Crippen LogP contribution in [0.1, 0.15) is 25.0 Å². The number of aromatic nitrogens is 3. The van der Waals surface area contributed by atoms with Crippen LogP contribution in [0, 0.1) is 0 Å². The van der Waals surface area contributed by atoms with E-state index in [4.69, 9.17) is 5.73 Å². The van der Waals surface area contributed by atoms with Gasteiger partial charge in [-0.05, 0) is 18.6 Å². The highest BCUT2D eigenvalue weighted by Gasteiger charge is 2.04. The summed E-state index contributed by atoms with van der Waals surface area (Å²) in [5.74, 6) is 2.57. The average Bonchev–Trinajstić information content (AvgIpc) is 2.37. The molecule has 1 aromatic carbocycles. The van der Waals surface area contributed by atoms with Crippen molar-refractivity contribution in [1.29, 1.82) is 0 Å². The molecule has 94 valence electrons. The smallest absolute Gasteiger partial charge is 0.223 e. The molecule has 1 aromatic heterocycles. The van der Waals surface area contributed by atoms with Gasteiger partial charge in [-0.25, -0.2) is 4.98 Å². The van der Waals surface area contributed by atoms with E-state index in [9.17, 15) is 0 Å². The predicted molar refractivity (Wildman–Crippen MR) is 74.2 cm³/mol. The van der Waals surface area contributed by atoms with Crippen LogP contribution in [0.4, 0.5) is 5.95 Å². The van der Waals surface area contributed by atoms with Crippen LogP contribution >= 0.6 is 11.8 Å². The van der Waals surface area contributed by atoms with Gasteiger partial charge >= 0.3 is 0 Å². The highest BCUT2D eigenvalue weighted by Crippen LogP contribution is 2.20. The molecule has 0 bridgehead atoms. The molecule has 2 aromatic rings. The second kappa shape index (κ2) is 6.35. The fraction of sp³-hybridized carbons (Fsp3) is 0.308. The molecule has 0 amide bonds. The first-order valence-corrected chi connectivity index (χ1v) is 6.93. The van der Waals surface area contributed by atoms with E-state index in [0.717, 1.165) is 24.5 Å². The molecular formula is C13H16N4S. The van der Waals surface area contributed by atoms with Crippen molar-refractivity contribution in [3.63, 3.8) is 0 Å². The molecule has 0 radical (unpaired) electrons. The van der Waals surface area contributed by atoms with Gasteiger partial charge in [0.1, 0.15) is 11.6 Å². The Kier molecular flexibility index (Phi) is 4.52. The molecule has 18 heavy (non-hydrogen) atoms. The Bertz CT molecular complexity index is 502. The zero-order chi connectivity index (χ0) is 12.8. The third-order valence-corrected chi connectivity index (χ3v) is 3.34. The molecule has 0 aliphatic heterocycles. The van der Waals surface area contributed by atoms with Crippen LogP contribution in [-0.2, 0) is 12.2 Å². The fourth-order valence-corrected chi connectivity index (χ4v) is 2.33. The van der Waals surface area contributed by atoms with E-state index in [1.54, 1.807) is 11.8 Å². The lowest BCUT2D eigenvalue weighted by Crippen LogP contribution is -2.06. The van der Waals surface area contributed by atoms with Crippen LogP contribution < -0.4 is 5.73 Å². The van der Waals surface area contributed by atoms with E-state index in [-0.39, 0.29) is 0 Å². The Morgan fingerprint density at radius 2 is 1.78 bits per heavy atom. The van der Waals surface area contributed by atoms with Gasteiger partial charge in [0.25, 0.3) is 0 Å². The molecule has 0 aliphatic rings. The van der Waals surface area contributed by atoms with E-state index in [1.165, 1.54) is 4.90 Å². The van der Waals surface area contributed by atoms with Gasteiger partial charge in [-0.2, -0.15) is 9.97 Å². The van der Waals surface area contributed by atoms with Crippen molar-refractivity contribution in [3.8, 4) is 0 Å². The molecule has 0 fully saturated rings. The number of anilines is 1. The third kappa shape index (κ3) is 3.70. The van der Waals surface area contributed by atoms with Gasteiger partial charge in [-0.3, -0.25) is 0 Å². The van der Waals surface area contributed by atoms with Gasteiger partial charge < -0.3 is 5.73 Å². The van der Waals surface area contributed by atoms with E-state index in [0.29, 0.717) is 11.7 Å². The summed E-state index contributed by atoms with van der Waals surface area (Å²) in [4.78, 5) is 13.9. The maximum atomic E-state index is 5.69. The summed E-state index contributed by atoms with van der Waals surface area (Å²) < 4.78 is 0. The van der Waals surface area contributed by atoms with Gasteiger partial charge in [-0.15, -0.1) is 11.8 Å². The zero-order valence-corrected chi connectivity index (χ0v) is 11.2. The molecule has 2 rings (SSSR count). The van der Waals surface area contributed by atoms with Crippen LogP contribution in [0.2, 0.25) is 0 Å². The lowest BCUT2D eigenvalue weighted by Gasteiger charge is -2.04. The molecule has 0 aliphatic carbocycles. The van der Waals surface area contributed by atoms with Crippen LogP contribution in [0.15, 0.2) is 35.2 Å². The number of benzene rings is 1. The Labute approximate surface area is 111 Å². The minimum absolute atomic E-state index is 0.317. The normalized spacial score (nSPS) is 10.5. The summed E-state index contributed by atoms with van der Waals surface area (Å²) in [5.41, 5.74) is 5.69. The third-order valence-electron chi connectivity index (χ3n) is 2.33. The largest absolute Gasteiger partial charge is 0.368 e. The molecule has 0 unspecified atom stereocenters. The lowest BCUT2D eigenvalue weighted by atomic mass is 10.3. The quantitative estimate of drug-likeness (QED) is 0.837. The SMILES string of the molecule is CCCc1nc(N)nc(CSc2ccccc2)n1. The molecule has 1 heterocycles. The lowest BCUT2D eigenvalue weighted by molar-refractivity contribution is 0.802. The summed E-state index contributed by atoms with van der Waals surface area (Å²) in [6.45, 7) is 2.10. The number of nitrogen functional groups attached to an aromatic ring is 1. The first kappa shape index (κ1) is 12.8. The molecule has 2 N–H and O–H groups in total. The first-order chi connectivity index (χ1) is 8.78. The van der Waals surface area contributed by atoms with Gasteiger partial charge in [0.15, 0.2) is 0 Å². The van der Waals surface area contributed by atoms with Crippen molar-refractivity contribution in [1.82, 2.24) is 15.0 Å². The summed E-state index contributed by atoms with van der Waals surface area (Å²) in [7, 11) is 0. The van der Waals surface area contributed by atoms with E-state index < -0.39 is 0 Å². The van der Waals surface area contributed by atoms with Crippen molar-refractivity contribution in [2.75, 3.05) is 5.73 Å². The molecular weight excluding hydrogens is 244 g/mol. The second-order valence-corrected chi connectivity index (χ2v) is 4.93. The maximum absolute atomic E-state index is 5.69. The summed E-state index contributed by atoms with van der Waals surface area (Å²) in [6.07, 6.45) is 1.85. The second-order valence-electron chi connectivity index (χ2n) is 3.88. The molecule has 5 heteroatoms. The van der Waals surface area contributed by atoms with Crippen molar-refractivity contribution in [2.45, 2.75) is 30.4 Å². The monoisotopic (exact) mass is 260 g/mol. The van der Waals surface area contributed by atoms with Crippen molar-refractivity contribution in [3.05, 3.63) is 42.0 Å². The number of nitrogens with two attached hydrogens (primary N) is 1.